The quantitative estimate of drug-likeness (QED) is 0.373. The average Bonchev–Trinajstić information content (AvgIpc) is 3.63. The van der Waals surface area contributed by atoms with Gasteiger partial charge in [0.05, 0.1) is 16.6 Å². The maximum absolute atomic E-state index is 13.0. The Morgan fingerprint density at radius 1 is 1.06 bits per heavy atom. The van der Waals surface area contributed by atoms with Gasteiger partial charge in [0.1, 0.15) is 0 Å². The third-order valence-corrected chi connectivity index (χ3v) is 7.96. The molecule has 7 nitrogen and oxygen atoms in total. The Hall–Kier alpha value is -3.71. The molecule has 0 radical (unpaired) electrons. The third-order valence-electron chi connectivity index (χ3n) is 7.96. The first-order chi connectivity index (χ1) is 17.5. The number of nitrogens with zero attached hydrogens (tertiary/aromatic N) is 2. The molecule has 4 aromatic rings. The molecule has 7 heteroatoms. The number of piperidine rings is 1. The van der Waals surface area contributed by atoms with Gasteiger partial charge in [0.15, 0.2) is 0 Å². The van der Waals surface area contributed by atoms with Crippen LogP contribution in [0.25, 0.3) is 21.8 Å². The molecule has 1 aliphatic carbocycles. The first-order valence-electron chi connectivity index (χ1n) is 12.8. The Labute approximate surface area is 210 Å². The molecular weight excluding hydrogens is 450 g/mol. The number of aromatic amines is 1. The molecule has 0 unspecified atom stereocenters. The molecular formula is C29H31N5O2. The van der Waals surface area contributed by atoms with E-state index in [0.29, 0.717) is 23.7 Å². The lowest BCUT2D eigenvalue weighted by atomic mass is 9.96. The number of pyridine rings is 1. The second-order valence-corrected chi connectivity index (χ2v) is 10.3. The zero-order valence-electron chi connectivity index (χ0n) is 20.3. The Morgan fingerprint density at radius 2 is 1.83 bits per heavy atom. The highest BCUT2D eigenvalue weighted by Crippen LogP contribution is 2.49. The van der Waals surface area contributed by atoms with Gasteiger partial charge in [0, 0.05) is 41.1 Å². The molecule has 1 aliphatic heterocycles. The van der Waals surface area contributed by atoms with Crippen molar-refractivity contribution in [2.24, 2.45) is 11.7 Å². The lowest BCUT2D eigenvalue weighted by Crippen LogP contribution is -2.38. The third kappa shape index (κ3) is 4.13. The normalized spacial score (nSPS) is 17.9. The number of amides is 2. The van der Waals surface area contributed by atoms with Crippen molar-refractivity contribution in [3.8, 4) is 0 Å². The van der Waals surface area contributed by atoms with E-state index in [9.17, 15) is 9.59 Å². The van der Waals surface area contributed by atoms with E-state index in [1.807, 2.05) is 24.3 Å². The molecule has 2 aliphatic rings. The second-order valence-electron chi connectivity index (χ2n) is 10.3. The van der Waals surface area contributed by atoms with Crippen molar-refractivity contribution in [3.63, 3.8) is 0 Å². The number of benzene rings is 2. The van der Waals surface area contributed by atoms with Crippen LogP contribution in [0.15, 0.2) is 60.8 Å². The maximum Gasteiger partial charge on any atom is 0.251 e. The van der Waals surface area contributed by atoms with Gasteiger partial charge in [-0.2, -0.15) is 0 Å². The van der Waals surface area contributed by atoms with Gasteiger partial charge in [-0.05, 0) is 68.5 Å². The number of H-pyrrole nitrogens is 1. The number of aromatic nitrogens is 2. The summed E-state index contributed by atoms with van der Waals surface area (Å²) in [5.74, 6) is 0.110. The second kappa shape index (κ2) is 9.06. The summed E-state index contributed by atoms with van der Waals surface area (Å²) >= 11 is 0. The molecule has 1 saturated heterocycles. The molecule has 184 valence electrons. The standard InChI is InChI=1S/C29H31N5O2/c30-28(36)29(11-12-29)26-25-23(8-13-31-26)22-7-6-21(16-24(22)33-25)27(35)32-17-19-9-14-34(15-10-19)18-20-4-2-1-3-5-20/h1-8,13,16,19,33H,9-12,14-15,17-18H2,(H2,30,36)(H,32,35). The minimum atomic E-state index is -0.669. The number of nitrogens with one attached hydrogen (secondary N) is 2. The summed E-state index contributed by atoms with van der Waals surface area (Å²) in [5, 5.41) is 5.15. The van der Waals surface area contributed by atoms with Gasteiger partial charge in [0.2, 0.25) is 5.91 Å². The van der Waals surface area contributed by atoms with E-state index in [2.05, 4.69) is 50.5 Å². The van der Waals surface area contributed by atoms with Crippen LogP contribution in [-0.2, 0) is 16.8 Å². The number of hydrogen-bond acceptors (Lipinski definition) is 4. The van der Waals surface area contributed by atoms with Crippen molar-refractivity contribution in [3.05, 3.63) is 77.6 Å². The van der Waals surface area contributed by atoms with Crippen LogP contribution >= 0.6 is 0 Å². The molecule has 4 N–H and O–H groups in total. The molecule has 36 heavy (non-hydrogen) atoms. The molecule has 6 rings (SSSR count). The van der Waals surface area contributed by atoms with Crippen molar-refractivity contribution in [2.75, 3.05) is 19.6 Å². The van der Waals surface area contributed by atoms with E-state index < -0.39 is 5.41 Å². The largest absolute Gasteiger partial charge is 0.369 e. The minimum Gasteiger partial charge on any atom is -0.369 e. The van der Waals surface area contributed by atoms with E-state index >= 15 is 0 Å². The predicted octanol–water partition coefficient (Wildman–Crippen LogP) is 3.88. The fourth-order valence-corrected chi connectivity index (χ4v) is 5.59. The fourth-order valence-electron chi connectivity index (χ4n) is 5.59. The zero-order chi connectivity index (χ0) is 24.7. The topological polar surface area (TPSA) is 104 Å². The van der Waals surface area contributed by atoms with Crippen molar-refractivity contribution in [1.82, 2.24) is 20.2 Å². The van der Waals surface area contributed by atoms with E-state index in [4.69, 9.17) is 5.73 Å². The monoisotopic (exact) mass is 481 g/mol. The highest BCUT2D eigenvalue weighted by molar-refractivity contribution is 6.11. The van der Waals surface area contributed by atoms with Gasteiger partial charge < -0.3 is 16.0 Å². The van der Waals surface area contributed by atoms with E-state index in [1.165, 1.54) is 5.56 Å². The summed E-state index contributed by atoms with van der Waals surface area (Å²) in [5.41, 5.74) is 9.42. The van der Waals surface area contributed by atoms with Crippen LogP contribution in [0.2, 0.25) is 0 Å². The number of rotatable bonds is 7. The Bertz CT molecular complexity index is 1430. The molecule has 2 fully saturated rings. The number of nitrogens with two attached hydrogens (primary N) is 1. The van der Waals surface area contributed by atoms with Gasteiger partial charge in [-0.15, -0.1) is 0 Å². The van der Waals surface area contributed by atoms with E-state index in [-0.39, 0.29) is 11.8 Å². The number of likely N-dealkylation sites (tertiary alicyclic amines) is 1. The van der Waals surface area contributed by atoms with Gasteiger partial charge in [0.25, 0.3) is 5.91 Å². The summed E-state index contributed by atoms with van der Waals surface area (Å²) < 4.78 is 0. The van der Waals surface area contributed by atoms with E-state index in [0.717, 1.165) is 67.1 Å². The summed E-state index contributed by atoms with van der Waals surface area (Å²) in [4.78, 5) is 35.5. The number of hydrogen-bond donors (Lipinski definition) is 3. The van der Waals surface area contributed by atoms with Crippen LogP contribution < -0.4 is 11.1 Å². The molecule has 2 amide bonds. The van der Waals surface area contributed by atoms with Crippen LogP contribution in [0.4, 0.5) is 0 Å². The van der Waals surface area contributed by atoms with Gasteiger partial charge in [-0.1, -0.05) is 36.4 Å². The highest BCUT2D eigenvalue weighted by Gasteiger charge is 2.52. The minimum absolute atomic E-state index is 0.0589. The SMILES string of the molecule is NC(=O)C1(c2nccc3c2[nH]c2cc(C(=O)NCC4CCN(Cc5ccccc5)CC4)ccc23)CC1. The smallest absolute Gasteiger partial charge is 0.251 e. The fraction of sp³-hybridized carbons (Fsp3) is 0.345. The number of fused-ring (bicyclic) bond motifs is 3. The lowest BCUT2D eigenvalue weighted by molar-refractivity contribution is -0.120. The molecule has 3 heterocycles. The number of carbonyl (C=O) groups is 2. The number of primary amides is 1. The predicted molar refractivity (Wildman–Crippen MR) is 140 cm³/mol. The average molecular weight is 482 g/mol. The van der Waals surface area contributed by atoms with E-state index in [1.54, 1.807) is 6.20 Å². The van der Waals surface area contributed by atoms with Crippen LogP contribution in [0.3, 0.4) is 0 Å². The summed E-state index contributed by atoms with van der Waals surface area (Å²) in [6.45, 7) is 3.79. The van der Waals surface area contributed by atoms with Gasteiger partial charge >= 0.3 is 0 Å². The van der Waals surface area contributed by atoms with Crippen LogP contribution in [-0.4, -0.2) is 46.3 Å². The maximum atomic E-state index is 13.0. The molecule has 0 spiro atoms. The zero-order valence-corrected chi connectivity index (χ0v) is 20.3. The first kappa shape index (κ1) is 22.7. The van der Waals surface area contributed by atoms with Crippen molar-refractivity contribution < 1.29 is 9.59 Å². The molecule has 0 bridgehead atoms. The van der Waals surface area contributed by atoms with Crippen LogP contribution in [0.5, 0.6) is 0 Å². The van der Waals surface area contributed by atoms with Crippen molar-refractivity contribution in [2.45, 2.75) is 37.6 Å². The van der Waals surface area contributed by atoms with Crippen molar-refractivity contribution in [1.29, 1.82) is 0 Å². The molecule has 2 aromatic carbocycles. The highest BCUT2D eigenvalue weighted by atomic mass is 16.2. The van der Waals surface area contributed by atoms with Gasteiger partial charge in [-0.3, -0.25) is 19.5 Å². The molecule has 2 aromatic heterocycles. The Balaban J connectivity index is 1.11. The summed E-state index contributed by atoms with van der Waals surface area (Å²) in [6, 6.07) is 18.3. The Morgan fingerprint density at radius 3 is 2.56 bits per heavy atom. The molecule has 1 saturated carbocycles. The Kier molecular flexibility index (Phi) is 5.72. The number of carbonyl (C=O) groups excluding carboxylic acids is 2. The van der Waals surface area contributed by atoms with Crippen LogP contribution in [0, 0.1) is 5.92 Å². The summed E-state index contributed by atoms with van der Waals surface area (Å²) in [7, 11) is 0. The first-order valence-corrected chi connectivity index (χ1v) is 12.8. The van der Waals surface area contributed by atoms with Crippen LogP contribution in [0.1, 0.15) is 47.3 Å². The molecule has 0 atom stereocenters. The summed E-state index contributed by atoms with van der Waals surface area (Å²) in [6.07, 6.45) is 5.36. The van der Waals surface area contributed by atoms with Crippen molar-refractivity contribution >= 4 is 33.6 Å². The van der Waals surface area contributed by atoms with Gasteiger partial charge in [-0.25, -0.2) is 0 Å². The lowest BCUT2D eigenvalue weighted by Gasteiger charge is -2.32.